The summed E-state index contributed by atoms with van der Waals surface area (Å²) in [6, 6.07) is 16.9. The number of rotatable bonds is 9. The minimum Gasteiger partial charge on any atom is -0.497 e. The van der Waals surface area contributed by atoms with Gasteiger partial charge in [-0.15, -0.1) is 0 Å². The monoisotopic (exact) mass is 437 g/mol. The number of hydrogen-bond donors (Lipinski definition) is 0. The Kier molecular flexibility index (Phi) is 7.51. The Morgan fingerprint density at radius 2 is 1.56 bits per heavy atom. The van der Waals surface area contributed by atoms with Crippen LogP contribution in [0.5, 0.6) is 11.5 Å². The lowest BCUT2D eigenvalue weighted by Gasteiger charge is -2.35. The summed E-state index contributed by atoms with van der Waals surface area (Å²) >= 11 is 0. The molecule has 0 spiro atoms. The maximum absolute atomic E-state index is 6.15. The molecule has 0 N–H and O–H groups in total. The van der Waals surface area contributed by atoms with Gasteiger partial charge in [0.05, 0.1) is 27.4 Å². The highest BCUT2D eigenvalue weighted by molar-refractivity contribution is 5.30. The van der Waals surface area contributed by atoms with Crippen LogP contribution in [0.3, 0.4) is 0 Å². The van der Waals surface area contributed by atoms with Gasteiger partial charge in [-0.05, 0) is 74.7 Å². The fourth-order valence-corrected chi connectivity index (χ4v) is 4.74. The van der Waals surface area contributed by atoms with Crippen LogP contribution in [0.1, 0.15) is 37.3 Å². The highest BCUT2D eigenvalue weighted by atomic mass is 16.7. The zero-order valence-corrected chi connectivity index (χ0v) is 19.5. The van der Waals surface area contributed by atoms with Gasteiger partial charge in [0.1, 0.15) is 11.5 Å². The first-order valence-electron chi connectivity index (χ1n) is 11.6. The molecule has 2 aromatic carbocycles. The SMILES string of the molecule is COc1ccc(CC2C=C(C)CCN2CCCC2(c3ccc(OC)cc3)OCCO2)cc1. The molecule has 172 valence electrons. The minimum absolute atomic E-state index is 0.416. The van der Waals surface area contributed by atoms with Gasteiger partial charge in [-0.2, -0.15) is 0 Å². The Balaban J connectivity index is 1.40. The zero-order valence-electron chi connectivity index (χ0n) is 19.5. The Morgan fingerprint density at radius 1 is 0.938 bits per heavy atom. The van der Waals surface area contributed by atoms with Crippen molar-refractivity contribution in [2.24, 2.45) is 0 Å². The van der Waals surface area contributed by atoms with Crippen LogP contribution in [0.4, 0.5) is 0 Å². The van der Waals surface area contributed by atoms with Crippen LogP contribution in [0.2, 0.25) is 0 Å². The summed E-state index contributed by atoms with van der Waals surface area (Å²) in [5.41, 5.74) is 3.89. The van der Waals surface area contributed by atoms with Crippen LogP contribution in [0, 0.1) is 0 Å². The Labute approximate surface area is 191 Å². The fourth-order valence-electron chi connectivity index (χ4n) is 4.74. The third-order valence-electron chi connectivity index (χ3n) is 6.58. The zero-order chi connectivity index (χ0) is 22.4. The molecule has 0 radical (unpaired) electrons. The molecule has 0 amide bonds. The van der Waals surface area contributed by atoms with E-state index < -0.39 is 5.79 Å². The molecule has 32 heavy (non-hydrogen) atoms. The molecule has 1 unspecified atom stereocenters. The van der Waals surface area contributed by atoms with Crippen molar-refractivity contribution in [3.8, 4) is 11.5 Å². The van der Waals surface area contributed by atoms with Crippen LogP contribution in [-0.2, 0) is 21.7 Å². The molecular weight excluding hydrogens is 402 g/mol. The number of hydrogen-bond acceptors (Lipinski definition) is 5. The summed E-state index contributed by atoms with van der Waals surface area (Å²) in [6.07, 6.45) is 6.44. The molecule has 0 saturated carbocycles. The van der Waals surface area contributed by atoms with Gasteiger partial charge < -0.3 is 18.9 Å². The van der Waals surface area contributed by atoms with Crippen LogP contribution < -0.4 is 9.47 Å². The molecule has 2 aliphatic heterocycles. The summed E-state index contributed by atoms with van der Waals surface area (Å²) in [4.78, 5) is 2.61. The van der Waals surface area contributed by atoms with E-state index in [0.29, 0.717) is 19.3 Å². The van der Waals surface area contributed by atoms with E-state index in [1.165, 1.54) is 11.1 Å². The lowest BCUT2D eigenvalue weighted by atomic mass is 9.96. The van der Waals surface area contributed by atoms with Crippen molar-refractivity contribution >= 4 is 0 Å². The molecule has 4 rings (SSSR count). The van der Waals surface area contributed by atoms with Gasteiger partial charge in [-0.3, -0.25) is 4.90 Å². The summed E-state index contributed by atoms with van der Waals surface area (Å²) < 4.78 is 22.9. The predicted octanol–water partition coefficient (Wildman–Crippen LogP) is 4.95. The molecule has 2 aromatic rings. The van der Waals surface area contributed by atoms with Gasteiger partial charge in [0.25, 0.3) is 0 Å². The topological polar surface area (TPSA) is 40.2 Å². The van der Waals surface area contributed by atoms with Gasteiger partial charge >= 0.3 is 0 Å². The molecule has 2 aliphatic rings. The first-order valence-corrected chi connectivity index (χ1v) is 11.6. The quantitative estimate of drug-likeness (QED) is 0.519. The standard InChI is InChI=1S/C27H35NO4/c1-21-13-16-28(24(19-21)20-22-5-9-25(29-2)10-6-22)15-4-14-27(31-17-18-32-27)23-7-11-26(30-3)12-8-23/h5-12,19,24H,4,13-18,20H2,1-3H3. The lowest BCUT2D eigenvalue weighted by Crippen LogP contribution is -2.40. The largest absolute Gasteiger partial charge is 0.497 e. The normalized spacial score (nSPS) is 20.7. The second-order valence-corrected chi connectivity index (χ2v) is 8.70. The van der Waals surface area contributed by atoms with E-state index in [1.807, 2.05) is 24.3 Å². The maximum Gasteiger partial charge on any atom is 0.195 e. The maximum atomic E-state index is 6.15. The van der Waals surface area contributed by atoms with E-state index >= 15 is 0 Å². The van der Waals surface area contributed by atoms with Gasteiger partial charge in [0.15, 0.2) is 5.79 Å². The van der Waals surface area contributed by atoms with Gasteiger partial charge in [0, 0.05) is 24.6 Å². The molecular formula is C27H35NO4. The Hall–Kier alpha value is -2.34. The average Bonchev–Trinajstić information content (AvgIpc) is 3.31. The average molecular weight is 438 g/mol. The molecule has 2 heterocycles. The highest BCUT2D eigenvalue weighted by Crippen LogP contribution is 2.37. The van der Waals surface area contributed by atoms with Crippen molar-refractivity contribution in [2.75, 3.05) is 40.5 Å². The van der Waals surface area contributed by atoms with Gasteiger partial charge in [-0.1, -0.05) is 23.8 Å². The van der Waals surface area contributed by atoms with E-state index in [1.54, 1.807) is 14.2 Å². The molecule has 0 aliphatic carbocycles. The van der Waals surface area contributed by atoms with Crippen molar-refractivity contribution in [3.63, 3.8) is 0 Å². The fraction of sp³-hybridized carbons (Fsp3) is 0.481. The van der Waals surface area contributed by atoms with Crippen LogP contribution in [0.15, 0.2) is 60.2 Å². The van der Waals surface area contributed by atoms with Crippen molar-refractivity contribution in [1.82, 2.24) is 4.90 Å². The lowest BCUT2D eigenvalue weighted by molar-refractivity contribution is -0.172. The second kappa shape index (κ2) is 10.5. The minimum atomic E-state index is -0.640. The first kappa shape index (κ1) is 22.8. The summed E-state index contributed by atoms with van der Waals surface area (Å²) in [5, 5.41) is 0. The molecule has 1 atom stereocenters. The number of methoxy groups -OCH3 is 2. The molecule has 5 heteroatoms. The summed E-state index contributed by atoms with van der Waals surface area (Å²) in [5.74, 6) is 1.11. The number of benzene rings is 2. The van der Waals surface area contributed by atoms with Crippen LogP contribution >= 0.6 is 0 Å². The molecule has 1 fully saturated rings. The number of nitrogens with zero attached hydrogens (tertiary/aromatic N) is 1. The Bertz CT molecular complexity index is 885. The van der Waals surface area contributed by atoms with E-state index in [9.17, 15) is 0 Å². The van der Waals surface area contributed by atoms with Gasteiger partial charge in [-0.25, -0.2) is 0 Å². The third-order valence-corrected chi connectivity index (χ3v) is 6.58. The number of ether oxygens (including phenoxy) is 4. The summed E-state index contributed by atoms with van der Waals surface area (Å²) in [7, 11) is 3.39. The second-order valence-electron chi connectivity index (χ2n) is 8.70. The Morgan fingerprint density at radius 3 is 2.19 bits per heavy atom. The van der Waals surface area contributed by atoms with Crippen molar-refractivity contribution in [3.05, 3.63) is 71.3 Å². The molecule has 5 nitrogen and oxygen atoms in total. The highest BCUT2D eigenvalue weighted by Gasteiger charge is 2.38. The first-order chi connectivity index (χ1) is 15.6. The predicted molar refractivity (Wildman–Crippen MR) is 126 cm³/mol. The third kappa shape index (κ3) is 5.34. The van der Waals surface area contributed by atoms with E-state index in [0.717, 1.165) is 55.8 Å². The molecule has 1 saturated heterocycles. The van der Waals surface area contributed by atoms with E-state index in [2.05, 4.69) is 42.2 Å². The molecule has 0 aromatic heterocycles. The van der Waals surface area contributed by atoms with Crippen molar-refractivity contribution < 1.29 is 18.9 Å². The molecule has 0 bridgehead atoms. The van der Waals surface area contributed by atoms with Crippen molar-refractivity contribution in [2.45, 2.75) is 44.4 Å². The van der Waals surface area contributed by atoms with Crippen LogP contribution in [-0.4, -0.2) is 51.5 Å². The van der Waals surface area contributed by atoms with E-state index in [4.69, 9.17) is 18.9 Å². The van der Waals surface area contributed by atoms with Gasteiger partial charge in [0.2, 0.25) is 0 Å². The van der Waals surface area contributed by atoms with E-state index in [-0.39, 0.29) is 0 Å². The smallest absolute Gasteiger partial charge is 0.195 e. The van der Waals surface area contributed by atoms with Crippen molar-refractivity contribution in [1.29, 1.82) is 0 Å². The summed E-state index contributed by atoms with van der Waals surface area (Å²) in [6.45, 7) is 5.64. The van der Waals surface area contributed by atoms with Crippen LogP contribution in [0.25, 0.3) is 0 Å².